The molecular weight excluding hydrogens is 542 g/mol. The lowest BCUT2D eigenvalue weighted by molar-refractivity contribution is -0.282. The molecule has 2 aliphatic heterocycles. The van der Waals surface area contributed by atoms with Crippen molar-refractivity contribution in [2.45, 2.75) is 130 Å². The van der Waals surface area contributed by atoms with Gasteiger partial charge >= 0.3 is 11.9 Å². The van der Waals surface area contributed by atoms with E-state index in [4.69, 9.17) is 18.9 Å². The van der Waals surface area contributed by atoms with Gasteiger partial charge in [0.1, 0.15) is 17.6 Å². The van der Waals surface area contributed by atoms with E-state index in [9.17, 15) is 24.3 Å². The fraction of sp³-hybridized carbons (Fsp3) is 0.812. The summed E-state index contributed by atoms with van der Waals surface area (Å²) in [4.78, 5) is 54.5. The summed E-state index contributed by atoms with van der Waals surface area (Å²) < 4.78 is 24.2. The van der Waals surface area contributed by atoms with E-state index in [0.717, 1.165) is 0 Å². The van der Waals surface area contributed by atoms with Crippen molar-refractivity contribution < 1.29 is 43.2 Å². The highest BCUT2D eigenvalue weighted by atomic mass is 16.7. The highest BCUT2D eigenvalue weighted by molar-refractivity contribution is 6.00. The Morgan fingerprint density at radius 1 is 1.10 bits per heavy atom. The fourth-order valence-electron chi connectivity index (χ4n) is 6.29. The van der Waals surface area contributed by atoms with Crippen LogP contribution in [0.15, 0.2) is 11.6 Å². The molecule has 0 aliphatic carbocycles. The van der Waals surface area contributed by atoms with Crippen LogP contribution in [0.4, 0.5) is 0 Å². The van der Waals surface area contributed by atoms with E-state index in [2.05, 4.69) is 0 Å². The molecule has 42 heavy (non-hydrogen) atoms. The molecule has 0 aromatic heterocycles. The van der Waals surface area contributed by atoms with E-state index in [1.807, 2.05) is 46.7 Å². The summed E-state index contributed by atoms with van der Waals surface area (Å²) in [5.41, 5.74) is -1.22. The van der Waals surface area contributed by atoms with Gasteiger partial charge in [0.2, 0.25) is 0 Å². The first-order chi connectivity index (χ1) is 19.4. The van der Waals surface area contributed by atoms with Gasteiger partial charge in [0, 0.05) is 18.8 Å². The highest BCUT2D eigenvalue weighted by Gasteiger charge is 2.46. The van der Waals surface area contributed by atoms with Crippen LogP contribution in [0.3, 0.4) is 0 Å². The third kappa shape index (κ3) is 8.94. The van der Waals surface area contributed by atoms with E-state index in [1.54, 1.807) is 13.8 Å². The minimum atomic E-state index is -1.59. The number of ether oxygens (including phenoxy) is 4. The van der Waals surface area contributed by atoms with Gasteiger partial charge in [-0.15, -0.1) is 0 Å². The standard InChI is InChI=1S/C32H53NO9/c1-12-13-25-32(9,38)16-19(4)26(35)17(2)14-18(3)28(21(6)27(36)22(7)30(37)41-25)42-31-29(40-23(8)34)24(33(10)11)15-20(5)39-31/h16-18,20-22,24-25,28-29,31,38H,12-15H2,1-11H3/b19-16+/t17-,18+,20-,21+,22-,24?,25-,28+,29+,31+,32+/m1/s1. The van der Waals surface area contributed by atoms with Gasteiger partial charge in [0.25, 0.3) is 0 Å². The maximum Gasteiger partial charge on any atom is 0.316 e. The van der Waals surface area contributed by atoms with Gasteiger partial charge in [0.05, 0.1) is 18.2 Å². The van der Waals surface area contributed by atoms with E-state index in [0.29, 0.717) is 31.3 Å². The predicted molar refractivity (Wildman–Crippen MR) is 157 cm³/mol. The molecule has 1 unspecified atom stereocenters. The maximum absolute atomic E-state index is 13.8. The molecule has 2 heterocycles. The van der Waals surface area contributed by atoms with Crippen LogP contribution in [0.5, 0.6) is 0 Å². The second kappa shape index (κ2) is 15.0. The first kappa shape index (κ1) is 36.1. The summed E-state index contributed by atoms with van der Waals surface area (Å²) >= 11 is 0. The topological polar surface area (TPSA) is 129 Å². The van der Waals surface area contributed by atoms with Crippen molar-refractivity contribution in [1.82, 2.24) is 4.90 Å². The number of esters is 2. The lowest BCUT2D eigenvalue weighted by Crippen LogP contribution is -2.57. The number of likely N-dealkylation sites (N-methyl/N-ethyl adjacent to an activating group) is 1. The summed E-state index contributed by atoms with van der Waals surface area (Å²) in [5.74, 6) is -4.43. The predicted octanol–water partition coefficient (Wildman–Crippen LogP) is 3.86. The molecule has 2 rings (SSSR count). The van der Waals surface area contributed by atoms with E-state index >= 15 is 0 Å². The van der Waals surface area contributed by atoms with Crippen molar-refractivity contribution in [3.63, 3.8) is 0 Å². The molecule has 2 aliphatic rings. The summed E-state index contributed by atoms with van der Waals surface area (Å²) in [6.07, 6.45) is -0.197. The van der Waals surface area contributed by atoms with Crippen LogP contribution in [-0.4, -0.2) is 90.0 Å². The van der Waals surface area contributed by atoms with Crippen LogP contribution in [-0.2, 0) is 38.1 Å². The third-order valence-electron chi connectivity index (χ3n) is 8.66. The summed E-state index contributed by atoms with van der Waals surface area (Å²) in [5, 5.41) is 11.3. The largest absolute Gasteiger partial charge is 0.458 e. The molecule has 0 radical (unpaired) electrons. The number of Topliss-reactive ketones (excluding diaryl/α,β-unsaturated/α-hetero) is 2. The lowest BCUT2D eigenvalue weighted by Gasteiger charge is -2.45. The van der Waals surface area contributed by atoms with Crippen LogP contribution in [0.1, 0.15) is 88.0 Å². The third-order valence-corrected chi connectivity index (χ3v) is 8.66. The van der Waals surface area contributed by atoms with Crippen molar-refractivity contribution in [3.05, 3.63) is 11.6 Å². The minimum absolute atomic E-state index is 0.153. The van der Waals surface area contributed by atoms with Gasteiger partial charge in [-0.2, -0.15) is 0 Å². The molecule has 11 atom stereocenters. The van der Waals surface area contributed by atoms with Crippen LogP contribution in [0.25, 0.3) is 0 Å². The van der Waals surface area contributed by atoms with E-state index in [-0.39, 0.29) is 29.6 Å². The highest BCUT2D eigenvalue weighted by Crippen LogP contribution is 2.34. The first-order valence-electron chi connectivity index (χ1n) is 15.3. The smallest absolute Gasteiger partial charge is 0.316 e. The van der Waals surface area contributed by atoms with Gasteiger partial charge in [-0.1, -0.05) is 34.1 Å². The van der Waals surface area contributed by atoms with E-state index in [1.165, 1.54) is 26.8 Å². The molecule has 1 N–H and O–H groups in total. The second-order valence-electron chi connectivity index (χ2n) is 12.9. The molecule has 10 nitrogen and oxygen atoms in total. The minimum Gasteiger partial charge on any atom is -0.458 e. The van der Waals surface area contributed by atoms with Gasteiger partial charge in [-0.05, 0) is 78.6 Å². The zero-order chi connectivity index (χ0) is 32.1. The molecule has 0 bridgehead atoms. The molecular formula is C32H53NO9. The summed E-state index contributed by atoms with van der Waals surface area (Å²) in [7, 11) is 3.79. The van der Waals surface area contributed by atoms with Crippen molar-refractivity contribution in [1.29, 1.82) is 0 Å². The number of allylic oxidation sites excluding steroid dienone is 1. The number of carbonyl (C=O) groups is 4. The molecule has 0 saturated carbocycles. The zero-order valence-corrected chi connectivity index (χ0v) is 27.3. The fourth-order valence-corrected chi connectivity index (χ4v) is 6.29. The monoisotopic (exact) mass is 595 g/mol. The molecule has 1 fully saturated rings. The Morgan fingerprint density at radius 2 is 1.71 bits per heavy atom. The van der Waals surface area contributed by atoms with Crippen molar-refractivity contribution in [2.24, 2.45) is 23.7 Å². The van der Waals surface area contributed by atoms with Gasteiger partial charge in [-0.25, -0.2) is 0 Å². The Labute approximate surface area is 251 Å². The zero-order valence-electron chi connectivity index (χ0n) is 27.3. The van der Waals surface area contributed by atoms with Crippen LogP contribution in [0.2, 0.25) is 0 Å². The first-order valence-corrected chi connectivity index (χ1v) is 15.3. The molecule has 0 aromatic carbocycles. The molecule has 1 saturated heterocycles. The van der Waals surface area contributed by atoms with Crippen molar-refractivity contribution in [3.8, 4) is 0 Å². The second-order valence-corrected chi connectivity index (χ2v) is 12.9. The Balaban J connectivity index is 2.56. The SMILES string of the molecule is CCC[C@H]1OC(=O)[C@H](C)C(=O)[C@H](C)[C@@H](O[C@@H]2O[C@H](C)CC(N(C)C)[C@@H]2OC(C)=O)[C@@H](C)C[C@@H](C)C(=O)/C(C)=C/[C@]1(C)O. The quantitative estimate of drug-likeness (QED) is 0.357. The number of aliphatic hydroxyl groups is 1. The van der Waals surface area contributed by atoms with Crippen molar-refractivity contribution >= 4 is 23.5 Å². The Bertz CT molecular complexity index is 1010. The average molecular weight is 596 g/mol. The number of nitrogens with zero attached hydrogens (tertiary/aromatic N) is 1. The molecule has 0 spiro atoms. The molecule has 0 amide bonds. The number of rotatable bonds is 6. The number of carbonyl (C=O) groups excluding carboxylic acids is 4. The van der Waals surface area contributed by atoms with Gasteiger partial charge in [0.15, 0.2) is 24.0 Å². The molecule has 240 valence electrons. The number of ketones is 2. The number of cyclic esters (lactones) is 1. The lowest BCUT2D eigenvalue weighted by atomic mass is 9.79. The van der Waals surface area contributed by atoms with Crippen LogP contribution >= 0.6 is 0 Å². The number of hydrogen-bond acceptors (Lipinski definition) is 10. The van der Waals surface area contributed by atoms with Crippen molar-refractivity contribution in [2.75, 3.05) is 14.1 Å². The Kier molecular flexibility index (Phi) is 12.9. The molecule has 10 heteroatoms. The normalized spacial score (nSPS) is 40.6. The van der Waals surface area contributed by atoms with Gasteiger partial charge < -0.3 is 29.0 Å². The Morgan fingerprint density at radius 3 is 2.26 bits per heavy atom. The number of hydrogen-bond donors (Lipinski definition) is 1. The average Bonchev–Trinajstić information content (AvgIpc) is 2.89. The van der Waals surface area contributed by atoms with E-state index < -0.39 is 59.9 Å². The van der Waals surface area contributed by atoms with Crippen LogP contribution < -0.4 is 0 Å². The Hall–Kier alpha value is -2.14. The van der Waals surface area contributed by atoms with Gasteiger partial charge in [-0.3, -0.25) is 19.2 Å². The van der Waals surface area contributed by atoms with Crippen LogP contribution in [0, 0.1) is 23.7 Å². The molecule has 0 aromatic rings. The summed E-state index contributed by atoms with van der Waals surface area (Å²) in [6.45, 7) is 15.2. The maximum atomic E-state index is 13.8. The summed E-state index contributed by atoms with van der Waals surface area (Å²) in [6, 6.07) is -0.187.